The predicted molar refractivity (Wildman–Crippen MR) is 41.8 cm³/mol. The molecule has 0 aliphatic heterocycles. The van der Waals surface area contributed by atoms with Crippen molar-refractivity contribution >= 4 is 13.0 Å². The van der Waals surface area contributed by atoms with Crippen LogP contribution < -0.4 is 11.0 Å². The fourth-order valence-electron chi connectivity index (χ4n) is 0.532. The highest BCUT2D eigenvalue weighted by atomic mass is 16.5. The average Bonchev–Trinajstić information content (AvgIpc) is 1.98. The average molecular weight is 160 g/mol. The summed E-state index contributed by atoms with van der Waals surface area (Å²) in [5.41, 5.74) is 5.33. The molecule has 0 aromatic rings. The highest BCUT2D eigenvalue weighted by molar-refractivity contribution is 6.45. The van der Waals surface area contributed by atoms with Crippen LogP contribution in [-0.4, -0.2) is 37.7 Å². The van der Waals surface area contributed by atoms with Crippen LogP contribution in [0.2, 0.25) is 6.82 Å². The molecule has 6 heteroatoms. The largest absolute Gasteiger partial charge is 0.468 e. The fourth-order valence-corrected chi connectivity index (χ4v) is 0.532. The number of methoxy groups -OCH3 is 1. The van der Waals surface area contributed by atoms with Crippen molar-refractivity contribution in [1.29, 1.82) is 0 Å². The minimum atomic E-state index is -0.713. The molecule has 0 saturated heterocycles. The number of esters is 1. The summed E-state index contributed by atoms with van der Waals surface area (Å²) in [5.74, 6) is -0.488. The van der Waals surface area contributed by atoms with Crippen LogP contribution >= 0.6 is 0 Å². The van der Waals surface area contributed by atoms with Crippen molar-refractivity contribution in [1.82, 2.24) is 5.23 Å². The van der Waals surface area contributed by atoms with Crippen molar-refractivity contribution in [2.75, 3.05) is 13.7 Å². The molecule has 64 valence electrons. The molecule has 0 aliphatic rings. The van der Waals surface area contributed by atoms with Gasteiger partial charge in [0.1, 0.15) is 6.04 Å². The van der Waals surface area contributed by atoms with Gasteiger partial charge in [0, 0.05) is 6.54 Å². The van der Waals surface area contributed by atoms with E-state index in [4.69, 9.17) is 10.8 Å². The zero-order valence-electron chi connectivity index (χ0n) is 6.70. The standard InChI is InChI=1S/C5H13BN2O3/c1-6(10)8-3-4(7)5(9)11-2/h4,8,10H,3,7H2,1-2H3/t4-/m0/s1. The molecule has 0 fully saturated rings. The van der Waals surface area contributed by atoms with Gasteiger partial charge in [0.15, 0.2) is 0 Å². The van der Waals surface area contributed by atoms with Crippen LogP contribution in [0.1, 0.15) is 0 Å². The van der Waals surface area contributed by atoms with Crippen molar-refractivity contribution in [2.24, 2.45) is 5.73 Å². The van der Waals surface area contributed by atoms with Crippen LogP contribution in [0.3, 0.4) is 0 Å². The molecular formula is C5H13BN2O3. The van der Waals surface area contributed by atoms with Gasteiger partial charge in [0.2, 0.25) is 0 Å². The summed E-state index contributed by atoms with van der Waals surface area (Å²) >= 11 is 0. The molecule has 0 aromatic heterocycles. The Morgan fingerprint density at radius 3 is 2.82 bits per heavy atom. The first-order valence-corrected chi connectivity index (χ1v) is 3.32. The third kappa shape index (κ3) is 4.77. The van der Waals surface area contributed by atoms with Gasteiger partial charge in [-0.25, -0.2) is 0 Å². The van der Waals surface area contributed by atoms with Crippen LogP contribution in [0, 0.1) is 0 Å². The number of carbonyl (C=O) groups excluding carboxylic acids is 1. The van der Waals surface area contributed by atoms with E-state index in [9.17, 15) is 4.79 Å². The molecule has 0 saturated carbocycles. The topological polar surface area (TPSA) is 84.6 Å². The lowest BCUT2D eigenvalue weighted by molar-refractivity contribution is -0.141. The number of hydrogen-bond donors (Lipinski definition) is 3. The maximum absolute atomic E-state index is 10.7. The Morgan fingerprint density at radius 1 is 1.91 bits per heavy atom. The first-order valence-electron chi connectivity index (χ1n) is 3.32. The Labute approximate surface area is 66.0 Å². The van der Waals surface area contributed by atoms with E-state index in [0.29, 0.717) is 0 Å². The van der Waals surface area contributed by atoms with Crippen molar-refractivity contribution < 1.29 is 14.6 Å². The normalized spacial score (nSPS) is 12.4. The molecule has 0 radical (unpaired) electrons. The van der Waals surface area contributed by atoms with Gasteiger partial charge in [0.05, 0.1) is 7.11 Å². The molecule has 0 aliphatic carbocycles. The highest BCUT2D eigenvalue weighted by Gasteiger charge is 2.14. The monoisotopic (exact) mass is 160 g/mol. The summed E-state index contributed by atoms with van der Waals surface area (Å²) in [5, 5.41) is 11.3. The van der Waals surface area contributed by atoms with Crippen molar-refractivity contribution in [3.05, 3.63) is 0 Å². The number of carbonyl (C=O) groups is 1. The molecule has 0 amide bonds. The molecule has 0 rings (SSSR count). The lowest BCUT2D eigenvalue weighted by Gasteiger charge is -2.09. The third-order valence-electron chi connectivity index (χ3n) is 1.14. The first-order chi connectivity index (χ1) is 5.07. The molecule has 0 bridgehead atoms. The Hall–Kier alpha value is -0.585. The summed E-state index contributed by atoms with van der Waals surface area (Å²) in [7, 11) is 0.607. The van der Waals surface area contributed by atoms with Gasteiger partial charge in [-0.1, -0.05) is 0 Å². The smallest absolute Gasteiger partial charge is 0.373 e. The van der Waals surface area contributed by atoms with E-state index in [1.54, 1.807) is 6.82 Å². The lowest BCUT2D eigenvalue weighted by atomic mass is 9.88. The number of rotatable bonds is 4. The van der Waals surface area contributed by atoms with Crippen LogP contribution in [0.15, 0.2) is 0 Å². The highest BCUT2D eigenvalue weighted by Crippen LogP contribution is 1.80. The van der Waals surface area contributed by atoms with E-state index in [1.165, 1.54) is 7.11 Å². The first kappa shape index (κ1) is 10.4. The molecule has 0 heterocycles. The SMILES string of the molecule is COC(=O)[C@@H](N)CNB(C)O. The number of nitrogens with one attached hydrogen (secondary N) is 1. The summed E-state index contributed by atoms with van der Waals surface area (Å²) in [6.07, 6.45) is 0. The summed E-state index contributed by atoms with van der Waals surface area (Å²) in [6.45, 7) is 1.76. The minimum Gasteiger partial charge on any atom is -0.468 e. The number of hydrogen-bond acceptors (Lipinski definition) is 5. The van der Waals surface area contributed by atoms with Gasteiger partial charge >= 0.3 is 13.0 Å². The zero-order valence-corrected chi connectivity index (χ0v) is 6.70. The third-order valence-corrected chi connectivity index (χ3v) is 1.14. The van der Waals surface area contributed by atoms with E-state index in [0.717, 1.165) is 0 Å². The van der Waals surface area contributed by atoms with E-state index in [1.807, 2.05) is 0 Å². The second-order valence-corrected chi connectivity index (χ2v) is 2.21. The molecule has 4 N–H and O–H groups in total. The predicted octanol–water partition coefficient (Wildman–Crippen LogP) is -1.81. The maximum atomic E-state index is 10.7. The minimum absolute atomic E-state index is 0.213. The van der Waals surface area contributed by atoms with Crippen LogP contribution in [0.5, 0.6) is 0 Å². The number of ether oxygens (including phenoxy) is 1. The molecule has 5 nitrogen and oxygen atoms in total. The summed E-state index contributed by atoms with van der Waals surface area (Å²) in [6, 6.07) is -0.713. The van der Waals surface area contributed by atoms with Gasteiger partial charge in [0.25, 0.3) is 0 Å². The van der Waals surface area contributed by atoms with Gasteiger partial charge in [-0.15, -0.1) is 0 Å². The Bertz CT molecular complexity index is 131. The summed E-state index contributed by atoms with van der Waals surface area (Å²) in [4.78, 5) is 10.7. The van der Waals surface area contributed by atoms with Crippen molar-refractivity contribution in [3.63, 3.8) is 0 Å². The molecule has 11 heavy (non-hydrogen) atoms. The second-order valence-electron chi connectivity index (χ2n) is 2.21. The second kappa shape index (κ2) is 5.12. The molecule has 1 atom stereocenters. The zero-order chi connectivity index (χ0) is 8.85. The molecule has 0 aromatic carbocycles. The van der Waals surface area contributed by atoms with Gasteiger partial charge in [-0.2, -0.15) is 0 Å². The van der Waals surface area contributed by atoms with E-state index in [-0.39, 0.29) is 6.54 Å². The maximum Gasteiger partial charge on any atom is 0.373 e. The van der Waals surface area contributed by atoms with Crippen molar-refractivity contribution in [3.8, 4) is 0 Å². The molecule has 0 spiro atoms. The molecular weight excluding hydrogens is 147 g/mol. The van der Waals surface area contributed by atoms with E-state index in [2.05, 4.69) is 9.96 Å². The van der Waals surface area contributed by atoms with Crippen LogP contribution in [-0.2, 0) is 9.53 Å². The quantitative estimate of drug-likeness (QED) is 0.333. The lowest BCUT2D eigenvalue weighted by Crippen LogP contribution is -2.45. The van der Waals surface area contributed by atoms with Crippen LogP contribution in [0.4, 0.5) is 0 Å². The molecule has 0 unspecified atom stereocenters. The van der Waals surface area contributed by atoms with Crippen molar-refractivity contribution in [2.45, 2.75) is 12.9 Å². The van der Waals surface area contributed by atoms with Gasteiger partial charge in [-0.05, 0) is 6.82 Å². The Kier molecular flexibility index (Phi) is 4.84. The van der Waals surface area contributed by atoms with E-state index < -0.39 is 19.1 Å². The van der Waals surface area contributed by atoms with E-state index >= 15 is 0 Å². The van der Waals surface area contributed by atoms with Gasteiger partial charge < -0.3 is 20.7 Å². The summed E-state index contributed by atoms with van der Waals surface area (Å²) < 4.78 is 4.36. The Morgan fingerprint density at radius 2 is 2.45 bits per heavy atom. The fraction of sp³-hybridized carbons (Fsp3) is 0.800. The number of nitrogens with two attached hydrogens (primary N) is 1. The van der Waals surface area contributed by atoms with Gasteiger partial charge in [-0.3, -0.25) is 4.79 Å². The Balaban J connectivity index is 3.52. The van der Waals surface area contributed by atoms with Crippen LogP contribution in [0.25, 0.3) is 0 Å².